The topological polar surface area (TPSA) is 102 Å². The normalized spacial score (nSPS) is 11.5. The van der Waals surface area contributed by atoms with Crippen molar-refractivity contribution in [1.82, 2.24) is 4.98 Å². The molecule has 3 aromatic rings. The SMILES string of the molecule is Cc1ccc2nc(NS(=O)(=O)c3ccccc3[N+](=O)[O-])sc2c1. The molecule has 0 spiro atoms. The van der Waals surface area contributed by atoms with E-state index in [9.17, 15) is 18.5 Å². The standard InChI is InChI=1S/C14H11N3O4S2/c1-9-6-7-10-12(8-9)22-14(15-10)16-23(20,21)13-5-3-2-4-11(13)17(18)19/h2-8H,1H3,(H,15,16). The monoisotopic (exact) mass is 349 g/mol. The summed E-state index contributed by atoms with van der Waals surface area (Å²) in [6.45, 7) is 1.93. The summed E-state index contributed by atoms with van der Waals surface area (Å²) in [6, 6.07) is 10.8. The molecule has 0 aliphatic rings. The van der Waals surface area contributed by atoms with Gasteiger partial charge in [-0.1, -0.05) is 29.5 Å². The van der Waals surface area contributed by atoms with Crippen LogP contribution in [0.1, 0.15) is 5.56 Å². The molecule has 0 aliphatic heterocycles. The van der Waals surface area contributed by atoms with Crippen molar-refractivity contribution < 1.29 is 13.3 Å². The van der Waals surface area contributed by atoms with Crippen LogP contribution in [0.3, 0.4) is 0 Å². The first-order chi connectivity index (χ1) is 10.9. The number of aromatic nitrogens is 1. The second-order valence-corrected chi connectivity index (χ2v) is 7.50. The minimum Gasteiger partial charge on any atom is -0.258 e. The van der Waals surface area contributed by atoms with Gasteiger partial charge in [0.1, 0.15) is 0 Å². The van der Waals surface area contributed by atoms with Crippen LogP contribution in [-0.4, -0.2) is 18.3 Å². The Morgan fingerprint density at radius 3 is 2.70 bits per heavy atom. The Hall–Kier alpha value is -2.52. The molecule has 0 aliphatic carbocycles. The number of anilines is 1. The Balaban J connectivity index is 2.02. The molecule has 0 radical (unpaired) electrons. The molecule has 0 bridgehead atoms. The lowest BCUT2D eigenvalue weighted by atomic mass is 10.2. The molecule has 1 aromatic heterocycles. The summed E-state index contributed by atoms with van der Waals surface area (Å²) in [5.41, 5.74) is 1.23. The lowest BCUT2D eigenvalue weighted by Gasteiger charge is -2.05. The van der Waals surface area contributed by atoms with E-state index >= 15 is 0 Å². The van der Waals surface area contributed by atoms with Gasteiger partial charge >= 0.3 is 0 Å². The van der Waals surface area contributed by atoms with Crippen LogP contribution < -0.4 is 4.72 Å². The number of nitro groups is 1. The van der Waals surface area contributed by atoms with E-state index in [0.29, 0.717) is 5.52 Å². The lowest BCUT2D eigenvalue weighted by Crippen LogP contribution is -2.14. The van der Waals surface area contributed by atoms with Crippen molar-refractivity contribution in [3.63, 3.8) is 0 Å². The minimum absolute atomic E-state index is 0.170. The maximum absolute atomic E-state index is 12.4. The number of hydrogen-bond acceptors (Lipinski definition) is 6. The smallest absolute Gasteiger partial charge is 0.258 e. The van der Waals surface area contributed by atoms with E-state index in [2.05, 4.69) is 9.71 Å². The van der Waals surface area contributed by atoms with E-state index < -0.39 is 20.6 Å². The number of para-hydroxylation sites is 1. The van der Waals surface area contributed by atoms with Gasteiger partial charge in [-0.25, -0.2) is 13.4 Å². The first-order valence-electron chi connectivity index (χ1n) is 6.50. The van der Waals surface area contributed by atoms with E-state index in [0.717, 1.165) is 16.3 Å². The molecule has 3 rings (SSSR count). The zero-order valence-electron chi connectivity index (χ0n) is 11.9. The molecule has 7 nitrogen and oxygen atoms in total. The van der Waals surface area contributed by atoms with Crippen molar-refractivity contribution in [2.75, 3.05) is 4.72 Å². The molecule has 23 heavy (non-hydrogen) atoms. The highest BCUT2D eigenvalue weighted by atomic mass is 32.2. The summed E-state index contributed by atoms with van der Waals surface area (Å²) in [7, 11) is -4.09. The Labute approximate surface area is 135 Å². The highest BCUT2D eigenvalue weighted by molar-refractivity contribution is 7.93. The average Bonchev–Trinajstić information content (AvgIpc) is 2.87. The third kappa shape index (κ3) is 3.01. The molecule has 118 valence electrons. The van der Waals surface area contributed by atoms with Crippen LogP contribution in [0.25, 0.3) is 10.2 Å². The fourth-order valence-electron chi connectivity index (χ4n) is 2.08. The first-order valence-corrected chi connectivity index (χ1v) is 8.80. The van der Waals surface area contributed by atoms with Crippen LogP contribution in [0.4, 0.5) is 10.8 Å². The van der Waals surface area contributed by atoms with Gasteiger partial charge < -0.3 is 0 Å². The zero-order valence-corrected chi connectivity index (χ0v) is 13.5. The third-order valence-electron chi connectivity index (χ3n) is 3.12. The van der Waals surface area contributed by atoms with Crippen molar-refractivity contribution in [1.29, 1.82) is 0 Å². The number of thiazole rings is 1. The molecule has 9 heteroatoms. The number of hydrogen-bond donors (Lipinski definition) is 1. The summed E-state index contributed by atoms with van der Waals surface area (Å²) in [6.07, 6.45) is 0. The van der Waals surface area contributed by atoms with Crippen LogP contribution in [-0.2, 0) is 10.0 Å². The highest BCUT2D eigenvalue weighted by Gasteiger charge is 2.26. The van der Waals surface area contributed by atoms with E-state index in [4.69, 9.17) is 0 Å². The van der Waals surface area contributed by atoms with Gasteiger partial charge in [0.15, 0.2) is 10.0 Å². The summed E-state index contributed by atoms with van der Waals surface area (Å²) in [5, 5.41) is 11.2. The Kier molecular flexibility index (Phi) is 3.74. The second kappa shape index (κ2) is 5.60. The number of nitro benzene ring substituents is 1. The zero-order chi connectivity index (χ0) is 16.6. The van der Waals surface area contributed by atoms with Crippen LogP contribution in [0.2, 0.25) is 0 Å². The largest absolute Gasteiger partial charge is 0.289 e. The molecule has 2 aromatic carbocycles. The van der Waals surface area contributed by atoms with Crippen molar-refractivity contribution >= 4 is 42.4 Å². The van der Waals surface area contributed by atoms with Crippen molar-refractivity contribution in [3.8, 4) is 0 Å². The number of fused-ring (bicyclic) bond motifs is 1. The van der Waals surface area contributed by atoms with E-state index in [-0.39, 0.29) is 10.0 Å². The number of sulfonamides is 1. The van der Waals surface area contributed by atoms with Crippen LogP contribution in [0.15, 0.2) is 47.4 Å². The molecule has 0 saturated heterocycles. The number of rotatable bonds is 4. The fraction of sp³-hybridized carbons (Fsp3) is 0.0714. The Morgan fingerprint density at radius 1 is 1.22 bits per heavy atom. The van der Waals surface area contributed by atoms with E-state index in [1.54, 1.807) is 6.07 Å². The quantitative estimate of drug-likeness (QED) is 0.575. The maximum Gasteiger partial charge on any atom is 0.289 e. The first kappa shape index (κ1) is 15.4. The molecule has 0 amide bonds. The van der Waals surface area contributed by atoms with Crippen molar-refractivity contribution in [2.24, 2.45) is 0 Å². The molecule has 0 atom stereocenters. The van der Waals surface area contributed by atoms with Gasteiger partial charge in [-0.05, 0) is 30.7 Å². The lowest BCUT2D eigenvalue weighted by molar-refractivity contribution is -0.387. The number of benzene rings is 2. The van der Waals surface area contributed by atoms with Gasteiger partial charge in [0.05, 0.1) is 15.1 Å². The van der Waals surface area contributed by atoms with Gasteiger partial charge in [-0.15, -0.1) is 0 Å². The fourth-order valence-corrected chi connectivity index (χ4v) is 4.45. The maximum atomic E-state index is 12.4. The predicted molar refractivity (Wildman–Crippen MR) is 88.3 cm³/mol. The molecule has 0 fully saturated rings. The van der Waals surface area contributed by atoms with E-state index in [1.165, 1.54) is 29.5 Å². The highest BCUT2D eigenvalue weighted by Crippen LogP contribution is 2.30. The van der Waals surface area contributed by atoms with Gasteiger partial charge in [-0.3, -0.25) is 14.8 Å². The van der Waals surface area contributed by atoms with E-state index in [1.807, 2.05) is 19.1 Å². The van der Waals surface area contributed by atoms with Gasteiger partial charge in [0.25, 0.3) is 15.7 Å². The number of aryl methyl sites for hydroxylation is 1. The van der Waals surface area contributed by atoms with Crippen LogP contribution in [0.5, 0.6) is 0 Å². The molecule has 1 heterocycles. The molecule has 0 unspecified atom stereocenters. The van der Waals surface area contributed by atoms with Gasteiger partial charge in [0.2, 0.25) is 0 Å². The summed E-state index contributed by atoms with van der Waals surface area (Å²) in [4.78, 5) is 14.1. The third-order valence-corrected chi connectivity index (χ3v) is 5.57. The molecule has 0 saturated carbocycles. The number of nitrogens with one attached hydrogen (secondary N) is 1. The Bertz CT molecular complexity index is 1010. The van der Waals surface area contributed by atoms with Crippen molar-refractivity contribution in [2.45, 2.75) is 11.8 Å². The summed E-state index contributed by atoms with van der Waals surface area (Å²) >= 11 is 1.18. The summed E-state index contributed by atoms with van der Waals surface area (Å²) in [5.74, 6) is 0. The average molecular weight is 349 g/mol. The Morgan fingerprint density at radius 2 is 1.96 bits per heavy atom. The van der Waals surface area contributed by atoms with Gasteiger partial charge in [0, 0.05) is 6.07 Å². The van der Waals surface area contributed by atoms with Gasteiger partial charge in [-0.2, -0.15) is 0 Å². The minimum atomic E-state index is -4.09. The molecular formula is C14H11N3O4S2. The van der Waals surface area contributed by atoms with Crippen LogP contribution >= 0.6 is 11.3 Å². The molecular weight excluding hydrogens is 338 g/mol. The van der Waals surface area contributed by atoms with Crippen LogP contribution in [0, 0.1) is 17.0 Å². The molecule has 1 N–H and O–H groups in total. The second-order valence-electron chi connectivity index (χ2n) is 4.82. The van der Waals surface area contributed by atoms with Crippen molar-refractivity contribution in [3.05, 3.63) is 58.1 Å². The number of nitrogens with zero attached hydrogens (tertiary/aromatic N) is 2. The summed E-state index contributed by atoms with van der Waals surface area (Å²) < 4.78 is 28.0. The predicted octanol–water partition coefficient (Wildman–Crippen LogP) is 3.31.